The van der Waals surface area contributed by atoms with E-state index in [0.29, 0.717) is 0 Å². The number of nitrogens with zero attached hydrogens (tertiary/aromatic N) is 1. The summed E-state index contributed by atoms with van der Waals surface area (Å²) in [5.74, 6) is 0.284. The third kappa shape index (κ3) is 4.21. The summed E-state index contributed by atoms with van der Waals surface area (Å²) in [4.78, 5) is 0. The zero-order valence-electron chi connectivity index (χ0n) is 13.1. The first kappa shape index (κ1) is 17.7. The van der Waals surface area contributed by atoms with E-state index in [2.05, 4.69) is 6.58 Å². The van der Waals surface area contributed by atoms with Crippen LogP contribution in [0, 0.1) is 0 Å². The van der Waals surface area contributed by atoms with Crippen LogP contribution in [0.1, 0.15) is 16.7 Å². The van der Waals surface area contributed by atoms with Gasteiger partial charge in [-0.1, -0.05) is 48.6 Å². The maximum absolute atomic E-state index is 9.76. The molecule has 2 nitrogen and oxygen atoms in total. The molecule has 0 aliphatic heterocycles. The number of halogens is 1. The van der Waals surface area contributed by atoms with Crippen molar-refractivity contribution in [1.82, 2.24) is 0 Å². The van der Waals surface area contributed by atoms with Gasteiger partial charge in [-0.05, 0) is 30.3 Å². The smallest absolute Gasteiger partial charge is 0.210 e. The van der Waals surface area contributed by atoms with E-state index in [1.807, 2.05) is 89.8 Å². The summed E-state index contributed by atoms with van der Waals surface area (Å²) in [6, 6.07) is 21.4. The summed E-state index contributed by atoms with van der Waals surface area (Å²) in [5.41, 5.74) is 3.89. The van der Waals surface area contributed by atoms with Crippen LogP contribution in [0.15, 0.2) is 85.7 Å². The van der Waals surface area contributed by atoms with Gasteiger partial charge in [-0.25, -0.2) is 0 Å². The molecule has 0 bridgehead atoms. The van der Waals surface area contributed by atoms with E-state index < -0.39 is 0 Å². The van der Waals surface area contributed by atoms with E-state index in [-0.39, 0.29) is 22.7 Å². The molecule has 0 aliphatic carbocycles. The predicted molar refractivity (Wildman–Crippen MR) is 94.5 cm³/mol. The van der Waals surface area contributed by atoms with Gasteiger partial charge >= 0.3 is 0 Å². The second-order valence-corrected chi connectivity index (χ2v) is 5.24. The molecule has 3 rings (SSSR count). The SMILES string of the molecule is C=C(c1ccccc1)[n+]1ccc(/C=C/c2ccccc2O)cc1.[Br-]. The lowest BCUT2D eigenvalue weighted by molar-refractivity contribution is -0.578. The van der Waals surface area contributed by atoms with Gasteiger partial charge in [-0.3, -0.25) is 0 Å². The first-order chi connectivity index (χ1) is 11.2. The van der Waals surface area contributed by atoms with Gasteiger partial charge in [0.1, 0.15) is 5.75 Å². The molecule has 0 saturated heterocycles. The second-order valence-electron chi connectivity index (χ2n) is 5.24. The minimum atomic E-state index is 0. The quantitative estimate of drug-likeness (QED) is 0.680. The van der Waals surface area contributed by atoms with Gasteiger partial charge in [-0.15, -0.1) is 0 Å². The molecule has 0 saturated carbocycles. The third-order valence-electron chi connectivity index (χ3n) is 3.67. The molecule has 0 atom stereocenters. The van der Waals surface area contributed by atoms with Crippen LogP contribution in [0.4, 0.5) is 0 Å². The van der Waals surface area contributed by atoms with Crippen LogP contribution < -0.4 is 21.5 Å². The molecule has 1 N–H and O–H groups in total. The van der Waals surface area contributed by atoms with E-state index >= 15 is 0 Å². The van der Waals surface area contributed by atoms with Crippen molar-refractivity contribution in [3.63, 3.8) is 0 Å². The third-order valence-corrected chi connectivity index (χ3v) is 3.67. The summed E-state index contributed by atoms with van der Waals surface area (Å²) in [6.45, 7) is 4.14. The predicted octanol–water partition coefficient (Wildman–Crippen LogP) is 1.37. The molecule has 3 heteroatoms. The van der Waals surface area contributed by atoms with Crippen LogP contribution in [0.25, 0.3) is 17.8 Å². The molecule has 120 valence electrons. The van der Waals surface area contributed by atoms with E-state index in [1.54, 1.807) is 6.07 Å². The van der Waals surface area contributed by atoms with Gasteiger partial charge in [0.05, 0.1) is 0 Å². The molecule has 3 aromatic rings. The van der Waals surface area contributed by atoms with Crippen molar-refractivity contribution in [2.45, 2.75) is 0 Å². The monoisotopic (exact) mass is 379 g/mol. The van der Waals surface area contributed by atoms with Crippen LogP contribution in [0.5, 0.6) is 5.75 Å². The Morgan fingerprint density at radius 3 is 2.12 bits per heavy atom. The molecule has 1 aromatic heterocycles. The Kier molecular flexibility index (Phi) is 6.10. The van der Waals surface area contributed by atoms with Gasteiger partial charge in [-0.2, -0.15) is 4.57 Å². The zero-order valence-corrected chi connectivity index (χ0v) is 14.7. The van der Waals surface area contributed by atoms with Crippen molar-refractivity contribution < 1.29 is 26.7 Å². The van der Waals surface area contributed by atoms with Crippen LogP contribution in [0.3, 0.4) is 0 Å². The standard InChI is InChI=1S/C21H17NO.BrH/c1-17(19-7-3-2-4-8-19)22-15-13-18(14-16-22)11-12-20-9-5-6-10-21(20)23;/h2-16H,1H2;1H. The normalized spacial score (nSPS) is 10.3. The Morgan fingerprint density at radius 1 is 0.833 bits per heavy atom. The lowest BCUT2D eigenvalue weighted by Gasteiger charge is -2.01. The number of rotatable bonds is 4. The molecule has 0 fully saturated rings. The van der Waals surface area contributed by atoms with Crippen molar-refractivity contribution in [2.75, 3.05) is 0 Å². The summed E-state index contributed by atoms with van der Waals surface area (Å²) >= 11 is 0. The first-order valence-corrected chi connectivity index (χ1v) is 7.46. The number of phenols is 1. The summed E-state index contributed by atoms with van der Waals surface area (Å²) in [5, 5.41) is 9.76. The fraction of sp³-hybridized carbons (Fsp3) is 0. The largest absolute Gasteiger partial charge is 1.00 e. The van der Waals surface area contributed by atoms with Crippen LogP contribution in [-0.2, 0) is 0 Å². The van der Waals surface area contributed by atoms with Crippen LogP contribution >= 0.6 is 0 Å². The number of para-hydroxylation sites is 1. The number of phenolic OH excluding ortho intramolecular Hbond substituents is 1. The van der Waals surface area contributed by atoms with Crippen LogP contribution in [-0.4, -0.2) is 5.11 Å². The Hall–Kier alpha value is -2.65. The maximum Gasteiger partial charge on any atom is 0.210 e. The average molecular weight is 380 g/mol. The Morgan fingerprint density at radius 2 is 1.46 bits per heavy atom. The minimum absolute atomic E-state index is 0. The van der Waals surface area contributed by atoms with Gasteiger partial charge in [0.15, 0.2) is 12.4 Å². The topological polar surface area (TPSA) is 24.1 Å². The average Bonchev–Trinajstić information content (AvgIpc) is 2.62. The highest BCUT2D eigenvalue weighted by atomic mass is 79.9. The number of hydrogen-bond acceptors (Lipinski definition) is 1. The van der Waals surface area contributed by atoms with Crippen molar-refractivity contribution in [3.05, 3.63) is 102 Å². The lowest BCUT2D eigenvalue weighted by Crippen LogP contribution is -3.00. The fourth-order valence-electron chi connectivity index (χ4n) is 2.32. The summed E-state index contributed by atoms with van der Waals surface area (Å²) in [6.07, 6.45) is 7.85. The van der Waals surface area contributed by atoms with Gasteiger partial charge in [0, 0.05) is 23.3 Å². The second kappa shape index (κ2) is 8.27. The van der Waals surface area contributed by atoms with E-state index in [0.717, 1.165) is 22.4 Å². The number of pyridine rings is 1. The van der Waals surface area contributed by atoms with Crippen molar-refractivity contribution >= 4 is 17.8 Å². The molecule has 0 spiro atoms. The van der Waals surface area contributed by atoms with Crippen LogP contribution in [0.2, 0.25) is 0 Å². The number of benzene rings is 2. The Labute approximate surface area is 152 Å². The molecular weight excluding hydrogens is 362 g/mol. The lowest BCUT2D eigenvalue weighted by atomic mass is 10.1. The number of hydrogen-bond donors (Lipinski definition) is 1. The van der Waals surface area contributed by atoms with Gasteiger partial charge in [0.25, 0.3) is 0 Å². The molecule has 0 aliphatic rings. The van der Waals surface area contributed by atoms with Gasteiger partial charge in [0.2, 0.25) is 5.70 Å². The van der Waals surface area contributed by atoms with E-state index in [9.17, 15) is 5.11 Å². The number of aromatic hydroxyl groups is 1. The van der Waals surface area contributed by atoms with E-state index in [1.165, 1.54) is 0 Å². The number of aromatic nitrogens is 1. The molecule has 24 heavy (non-hydrogen) atoms. The Bertz CT molecular complexity index is 839. The highest BCUT2D eigenvalue weighted by molar-refractivity contribution is 5.72. The fourth-order valence-corrected chi connectivity index (χ4v) is 2.32. The molecule has 0 unspecified atom stereocenters. The Balaban J connectivity index is 0.00000208. The van der Waals surface area contributed by atoms with Gasteiger partial charge < -0.3 is 22.1 Å². The molecule has 0 radical (unpaired) electrons. The van der Waals surface area contributed by atoms with Crippen molar-refractivity contribution in [1.29, 1.82) is 0 Å². The highest BCUT2D eigenvalue weighted by Gasteiger charge is 2.08. The van der Waals surface area contributed by atoms with Crippen molar-refractivity contribution in [3.8, 4) is 5.75 Å². The van der Waals surface area contributed by atoms with Crippen molar-refractivity contribution in [2.24, 2.45) is 0 Å². The summed E-state index contributed by atoms with van der Waals surface area (Å²) < 4.78 is 1.99. The molecular formula is C21H18BrNO. The highest BCUT2D eigenvalue weighted by Crippen LogP contribution is 2.18. The first-order valence-electron chi connectivity index (χ1n) is 7.46. The molecule has 2 aromatic carbocycles. The van der Waals surface area contributed by atoms with E-state index in [4.69, 9.17) is 0 Å². The molecule has 0 amide bonds. The minimum Gasteiger partial charge on any atom is -1.00 e. The maximum atomic E-state index is 9.76. The summed E-state index contributed by atoms with van der Waals surface area (Å²) in [7, 11) is 0. The zero-order chi connectivity index (χ0) is 16.1. The molecule has 1 heterocycles.